The van der Waals surface area contributed by atoms with Gasteiger partial charge in [0.2, 0.25) is 0 Å². The van der Waals surface area contributed by atoms with Crippen LogP contribution in [0.25, 0.3) is 0 Å². The van der Waals surface area contributed by atoms with Crippen molar-refractivity contribution in [1.29, 1.82) is 0 Å². The smallest absolute Gasteiger partial charge is 0.0611 e. The first-order valence-corrected chi connectivity index (χ1v) is 7.21. The van der Waals surface area contributed by atoms with Crippen LogP contribution in [0.4, 0.5) is 0 Å². The molecule has 92 valence electrons. The van der Waals surface area contributed by atoms with Gasteiger partial charge in [-0.25, -0.2) is 0 Å². The van der Waals surface area contributed by atoms with Gasteiger partial charge < -0.3 is 10.8 Å². The van der Waals surface area contributed by atoms with Crippen LogP contribution < -0.4 is 5.73 Å². The number of hydrogen-bond donors (Lipinski definition) is 2. The minimum Gasteiger partial charge on any atom is -0.394 e. The van der Waals surface area contributed by atoms with Crippen molar-refractivity contribution >= 4 is 11.8 Å². The zero-order valence-corrected chi connectivity index (χ0v) is 11.3. The quantitative estimate of drug-likeness (QED) is 0.602. The van der Waals surface area contributed by atoms with Crippen molar-refractivity contribution in [3.05, 3.63) is 0 Å². The molecular formula is C12H27NOS. The van der Waals surface area contributed by atoms with Gasteiger partial charge in [-0.15, -0.1) is 0 Å². The summed E-state index contributed by atoms with van der Waals surface area (Å²) in [5.41, 5.74) is 5.67. The van der Waals surface area contributed by atoms with Gasteiger partial charge in [0.1, 0.15) is 0 Å². The average molecular weight is 233 g/mol. The third kappa shape index (κ3) is 7.20. The molecule has 0 aliphatic heterocycles. The molecule has 0 saturated heterocycles. The van der Waals surface area contributed by atoms with E-state index in [-0.39, 0.29) is 12.1 Å². The van der Waals surface area contributed by atoms with Crippen molar-refractivity contribution in [2.45, 2.75) is 52.0 Å². The van der Waals surface area contributed by atoms with E-state index in [0.717, 1.165) is 25.2 Å². The summed E-state index contributed by atoms with van der Waals surface area (Å²) in [5, 5.41) is 9.14. The third-order valence-corrected chi connectivity index (χ3v) is 4.46. The Labute approximate surface area is 99.0 Å². The Morgan fingerprint density at radius 2 is 2.07 bits per heavy atom. The van der Waals surface area contributed by atoms with Crippen molar-refractivity contribution in [2.75, 3.05) is 18.1 Å². The fourth-order valence-corrected chi connectivity index (χ4v) is 2.45. The van der Waals surface area contributed by atoms with Gasteiger partial charge in [0.25, 0.3) is 0 Å². The first kappa shape index (κ1) is 15.3. The van der Waals surface area contributed by atoms with E-state index in [9.17, 15) is 0 Å². The summed E-state index contributed by atoms with van der Waals surface area (Å²) in [7, 11) is 0. The second-order valence-corrected chi connectivity index (χ2v) is 5.72. The molecule has 2 unspecified atom stereocenters. The highest BCUT2D eigenvalue weighted by molar-refractivity contribution is 7.99. The van der Waals surface area contributed by atoms with E-state index in [0.29, 0.717) is 0 Å². The summed E-state index contributed by atoms with van der Waals surface area (Å²) in [6.45, 7) is 6.68. The first-order valence-electron chi connectivity index (χ1n) is 6.05. The average Bonchev–Trinajstić information content (AvgIpc) is 2.27. The summed E-state index contributed by atoms with van der Waals surface area (Å²) in [4.78, 5) is 0. The maximum atomic E-state index is 9.14. The van der Waals surface area contributed by atoms with Gasteiger partial charge in [-0.2, -0.15) is 11.8 Å². The van der Waals surface area contributed by atoms with E-state index >= 15 is 0 Å². The van der Waals surface area contributed by atoms with Crippen LogP contribution in [0.5, 0.6) is 0 Å². The van der Waals surface area contributed by atoms with Crippen LogP contribution in [-0.2, 0) is 0 Å². The van der Waals surface area contributed by atoms with Gasteiger partial charge in [-0.1, -0.05) is 27.2 Å². The first-order chi connectivity index (χ1) is 7.08. The second-order valence-electron chi connectivity index (χ2n) is 4.57. The molecule has 0 aromatic carbocycles. The zero-order chi connectivity index (χ0) is 11.7. The van der Waals surface area contributed by atoms with Crippen LogP contribution in [0.2, 0.25) is 0 Å². The van der Waals surface area contributed by atoms with Crippen LogP contribution in [0.15, 0.2) is 0 Å². The largest absolute Gasteiger partial charge is 0.394 e. The normalized spacial score (nSPS) is 17.4. The Morgan fingerprint density at radius 1 is 1.40 bits per heavy atom. The summed E-state index contributed by atoms with van der Waals surface area (Å²) in [5.74, 6) is 3.24. The highest BCUT2D eigenvalue weighted by Crippen LogP contribution is 2.17. The molecule has 2 atom stereocenters. The van der Waals surface area contributed by atoms with Gasteiger partial charge >= 0.3 is 0 Å². The highest BCUT2D eigenvalue weighted by Gasteiger charge is 2.20. The minimum absolute atomic E-state index is 0.111. The van der Waals surface area contributed by atoms with Crippen molar-refractivity contribution < 1.29 is 5.11 Å². The minimum atomic E-state index is -0.336. The SMILES string of the molecule is CCC(C)CSCCCC(N)(CC)CO. The summed E-state index contributed by atoms with van der Waals surface area (Å²) >= 11 is 2.01. The summed E-state index contributed by atoms with van der Waals surface area (Å²) < 4.78 is 0. The van der Waals surface area contributed by atoms with Crippen molar-refractivity contribution in [1.82, 2.24) is 0 Å². The number of rotatable bonds is 9. The lowest BCUT2D eigenvalue weighted by molar-refractivity contribution is 0.182. The molecule has 0 fully saturated rings. The molecule has 0 aliphatic rings. The van der Waals surface area contributed by atoms with Gasteiger partial charge in [0.05, 0.1) is 6.61 Å². The van der Waals surface area contributed by atoms with E-state index in [2.05, 4.69) is 13.8 Å². The van der Waals surface area contributed by atoms with Crippen LogP contribution in [0.1, 0.15) is 46.5 Å². The molecular weight excluding hydrogens is 206 g/mol. The standard InChI is InChI=1S/C12H27NOS/c1-4-11(3)9-15-8-6-7-12(13,5-2)10-14/h11,14H,4-10,13H2,1-3H3. The molecule has 0 amide bonds. The highest BCUT2D eigenvalue weighted by atomic mass is 32.2. The predicted octanol–water partition coefficient (Wildman–Crippen LogP) is 2.65. The number of hydrogen-bond acceptors (Lipinski definition) is 3. The van der Waals surface area contributed by atoms with E-state index in [1.165, 1.54) is 17.9 Å². The van der Waals surface area contributed by atoms with E-state index in [1.807, 2.05) is 18.7 Å². The van der Waals surface area contributed by atoms with Crippen molar-refractivity contribution in [3.63, 3.8) is 0 Å². The molecule has 0 radical (unpaired) electrons. The van der Waals surface area contributed by atoms with E-state index in [1.54, 1.807) is 0 Å². The monoisotopic (exact) mass is 233 g/mol. The molecule has 0 heterocycles. The number of nitrogens with two attached hydrogens (primary N) is 1. The molecule has 0 aromatic heterocycles. The van der Waals surface area contributed by atoms with Gasteiger partial charge in [-0.05, 0) is 36.7 Å². The molecule has 3 N–H and O–H groups in total. The topological polar surface area (TPSA) is 46.2 Å². The fourth-order valence-electron chi connectivity index (χ4n) is 1.30. The fraction of sp³-hybridized carbons (Fsp3) is 1.00. The molecule has 0 aliphatic carbocycles. The Kier molecular flexibility index (Phi) is 8.58. The molecule has 0 spiro atoms. The maximum Gasteiger partial charge on any atom is 0.0611 e. The summed E-state index contributed by atoms with van der Waals surface area (Å²) in [6.07, 6.45) is 4.18. The van der Waals surface area contributed by atoms with Gasteiger partial charge in [0, 0.05) is 5.54 Å². The number of thioether (sulfide) groups is 1. The van der Waals surface area contributed by atoms with Crippen LogP contribution in [0, 0.1) is 5.92 Å². The third-order valence-electron chi connectivity index (χ3n) is 3.08. The van der Waals surface area contributed by atoms with E-state index < -0.39 is 0 Å². The van der Waals surface area contributed by atoms with Crippen LogP contribution in [-0.4, -0.2) is 28.8 Å². The molecule has 15 heavy (non-hydrogen) atoms. The van der Waals surface area contributed by atoms with Crippen molar-refractivity contribution in [2.24, 2.45) is 11.7 Å². The molecule has 0 aromatic rings. The predicted molar refractivity (Wildman–Crippen MR) is 70.3 cm³/mol. The van der Waals surface area contributed by atoms with Crippen molar-refractivity contribution in [3.8, 4) is 0 Å². The Hall–Kier alpha value is 0.270. The van der Waals surface area contributed by atoms with Gasteiger partial charge in [0.15, 0.2) is 0 Å². The lowest BCUT2D eigenvalue weighted by Gasteiger charge is -2.25. The van der Waals surface area contributed by atoms with E-state index in [4.69, 9.17) is 10.8 Å². The summed E-state index contributed by atoms with van der Waals surface area (Å²) in [6, 6.07) is 0. The lowest BCUT2D eigenvalue weighted by atomic mass is 9.93. The molecule has 3 heteroatoms. The Morgan fingerprint density at radius 3 is 2.53 bits per heavy atom. The second kappa shape index (κ2) is 8.43. The van der Waals surface area contributed by atoms with Crippen LogP contribution in [0.3, 0.4) is 0 Å². The lowest BCUT2D eigenvalue weighted by Crippen LogP contribution is -2.42. The van der Waals surface area contributed by atoms with Crippen LogP contribution >= 0.6 is 11.8 Å². The Bertz CT molecular complexity index is 149. The molecule has 0 saturated carbocycles. The molecule has 2 nitrogen and oxygen atoms in total. The van der Waals surface area contributed by atoms with Gasteiger partial charge in [-0.3, -0.25) is 0 Å². The molecule has 0 rings (SSSR count). The number of aliphatic hydroxyl groups is 1. The zero-order valence-electron chi connectivity index (χ0n) is 10.5. The maximum absolute atomic E-state index is 9.14. The Balaban J connectivity index is 3.45. The molecule has 0 bridgehead atoms. The number of aliphatic hydroxyl groups excluding tert-OH is 1.